The SMILES string of the molecule is C.CC(=O)OC(C)C(N)C(=O)OCc1ccccc1.CC(C)[C@H](C)C(=O)O. The van der Waals surface area contributed by atoms with Crippen LogP contribution in [0.5, 0.6) is 0 Å². The van der Waals surface area contributed by atoms with Gasteiger partial charge in [0.15, 0.2) is 0 Å². The van der Waals surface area contributed by atoms with E-state index >= 15 is 0 Å². The minimum absolute atomic E-state index is 0. The molecular weight excluding hydrogens is 350 g/mol. The normalized spacial score (nSPS) is 13.1. The zero-order valence-electron chi connectivity index (χ0n) is 16.0. The molecule has 154 valence electrons. The Kier molecular flexibility index (Phi) is 13.7. The summed E-state index contributed by atoms with van der Waals surface area (Å²) in [5.41, 5.74) is 6.49. The topological polar surface area (TPSA) is 116 Å². The molecule has 0 aromatic heterocycles. The number of carbonyl (C=O) groups is 3. The van der Waals surface area contributed by atoms with Gasteiger partial charge in [0.25, 0.3) is 0 Å². The molecular formula is C20H33NO6. The second kappa shape index (κ2) is 13.7. The lowest BCUT2D eigenvalue weighted by Gasteiger charge is -2.18. The molecule has 0 amide bonds. The van der Waals surface area contributed by atoms with E-state index in [4.69, 9.17) is 20.3 Å². The monoisotopic (exact) mass is 383 g/mol. The van der Waals surface area contributed by atoms with Crippen molar-refractivity contribution in [2.24, 2.45) is 17.6 Å². The second-order valence-corrected chi connectivity index (χ2v) is 6.30. The van der Waals surface area contributed by atoms with Gasteiger partial charge in [0.05, 0.1) is 5.92 Å². The first-order valence-electron chi connectivity index (χ1n) is 8.42. The van der Waals surface area contributed by atoms with E-state index in [1.54, 1.807) is 13.8 Å². The third-order valence-electron chi connectivity index (χ3n) is 3.74. The van der Waals surface area contributed by atoms with Gasteiger partial charge < -0.3 is 20.3 Å². The highest BCUT2D eigenvalue weighted by molar-refractivity contribution is 5.77. The van der Waals surface area contributed by atoms with Gasteiger partial charge in [0.2, 0.25) is 0 Å². The predicted octanol–water partition coefficient (Wildman–Crippen LogP) is 3.01. The highest BCUT2D eigenvalue weighted by Crippen LogP contribution is 2.08. The lowest BCUT2D eigenvalue weighted by atomic mass is 9.99. The fourth-order valence-corrected chi connectivity index (χ4v) is 1.64. The van der Waals surface area contributed by atoms with E-state index in [0.29, 0.717) is 0 Å². The van der Waals surface area contributed by atoms with E-state index in [1.807, 2.05) is 44.2 Å². The number of ether oxygens (including phenoxy) is 2. The van der Waals surface area contributed by atoms with Gasteiger partial charge >= 0.3 is 17.9 Å². The standard InChI is InChI=1S/C13H17NO4.C6H12O2.CH4/c1-9(18-10(2)15)12(14)13(16)17-8-11-6-4-3-5-7-11;1-4(2)5(3)6(7)8;/h3-7,9,12H,8,14H2,1-2H3;4-5H,1-3H3,(H,7,8);1H4/t;5-;/m.0./s1. The maximum absolute atomic E-state index is 11.6. The van der Waals surface area contributed by atoms with Crippen LogP contribution in [0.3, 0.4) is 0 Å². The van der Waals surface area contributed by atoms with Crippen molar-refractivity contribution < 1.29 is 29.0 Å². The number of aliphatic carboxylic acids is 1. The Morgan fingerprint density at radius 2 is 1.59 bits per heavy atom. The summed E-state index contributed by atoms with van der Waals surface area (Å²) in [6.45, 7) is 8.49. The number of rotatable bonds is 7. The number of esters is 2. The molecule has 0 fully saturated rings. The molecule has 0 saturated heterocycles. The molecule has 0 bridgehead atoms. The Morgan fingerprint density at radius 3 is 1.96 bits per heavy atom. The van der Waals surface area contributed by atoms with Gasteiger partial charge in [-0.1, -0.05) is 58.5 Å². The summed E-state index contributed by atoms with van der Waals surface area (Å²) in [5, 5.41) is 8.35. The van der Waals surface area contributed by atoms with Gasteiger partial charge in [-0.15, -0.1) is 0 Å². The van der Waals surface area contributed by atoms with Crippen LogP contribution in [0.15, 0.2) is 30.3 Å². The van der Waals surface area contributed by atoms with Crippen LogP contribution in [0.4, 0.5) is 0 Å². The molecule has 1 aromatic rings. The van der Waals surface area contributed by atoms with Crippen LogP contribution >= 0.6 is 0 Å². The van der Waals surface area contributed by atoms with Crippen LogP contribution in [0.25, 0.3) is 0 Å². The number of carboxylic acid groups (broad SMARTS) is 1. The largest absolute Gasteiger partial charge is 0.481 e. The number of hydrogen-bond acceptors (Lipinski definition) is 6. The molecule has 0 aliphatic carbocycles. The van der Waals surface area contributed by atoms with Crippen molar-refractivity contribution in [3.63, 3.8) is 0 Å². The predicted molar refractivity (Wildman–Crippen MR) is 104 cm³/mol. The van der Waals surface area contributed by atoms with Crippen molar-refractivity contribution in [2.75, 3.05) is 0 Å². The molecule has 3 N–H and O–H groups in total. The van der Waals surface area contributed by atoms with Crippen LogP contribution in [-0.2, 0) is 30.5 Å². The van der Waals surface area contributed by atoms with Gasteiger partial charge in [-0.2, -0.15) is 0 Å². The van der Waals surface area contributed by atoms with Crippen molar-refractivity contribution in [1.29, 1.82) is 0 Å². The van der Waals surface area contributed by atoms with Crippen molar-refractivity contribution in [3.05, 3.63) is 35.9 Å². The third-order valence-corrected chi connectivity index (χ3v) is 3.74. The fourth-order valence-electron chi connectivity index (χ4n) is 1.64. The third kappa shape index (κ3) is 11.8. The molecule has 0 saturated carbocycles. The van der Waals surface area contributed by atoms with E-state index < -0.39 is 30.1 Å². The second-order valence-electron chi connectivity index (χ2n) is 6.30. The van der Waals surface area contributed by atoms with Crippen molar-refractivity contribution in [1.82, 2.24) is 0 Å². The molecule has 0 aliphatic rings. The lowest BCUT2D eigenvalue weighted by Crippen LogP contribution is -2.43. The maximum Gasteiger partial charge on any atom is 0.327 e. The van der Waals surface area contributed by atoms with Crippen LogP contribution in [0.2, 0.25) is 0 Å². The van der Waals surface area contributed by atoms with Crippen LogP contribution in [0.1, 0.15) is 47.6 Å². The quantitative estimate of drug-likeness (QED) is 0.695. The summed E-state index contributed by atoms with van der Waals surface area (Å²) in [5.74, 6) is -1.75. The molecule has 0 spiro atoms. The summed E-state index contributed by atoms with van der Waals surface area (Å²) >= 11 is 0. The van der Waals surface area contributed by atoms with Gasteiger partial charge in [-0.05, 0) is 18.4 Å². The molecule has 2 unspecified atom stereocenters. The molecule has 0 aliphatic heterocycles. The first-order chi connectivity index (χ1) is 12.1. The maximum atomic E-state index is 11.6. The number of carbonyl (C=O) groups excluding carboxylic acids is 2. The summed E-state index contributed by atoms with van der Waals surface area (Å²) in [4.78, 5) is 32.5. The Labute approximate surface area is 161 Å². The number of hydrogen-bond donors (Lipinski definition) is 2. The van der Waals surface area contributed by atoms with E-state index in [9.17, 15) is 14.4 Å². The molecule has 0 radical (unpaired) electrons. The average molecular weight is 383 g/mol. The highest BCUT2D eigenvalue weighted by atomic mass is 16.6. The Balaban J connectivity index is 0. The molecule has 1 rings (SSSR count). The van der Waals surface area contributed by atoms with Crippen molar-refractivity contribution in [3.8, 4) is 0 Å². The van der Waals surface area contributed by atoms with E-state index in [0.717, 1.165) is 5.56 Å². The number of carboxylic acids is 1. The zero-order chi connectivity index (χ0) is 20.3. The van der Waals surface area contributed by atoms with Crippen molar-refractivity contribution >= 4 is 17.9 Å². The molecule has 7 heteroatoms. The first kappa shape index (κ1) is 26.8. The Morgan fingerprint density at radius 1 is 1.07 bits per heavy atom. The molecule has 3 atom stereocenters. The fraction of sp³-hybridized carbons (Fsp3) is 0.550. The molecule has 27 heavy (non-hydrogen) atoms. The summed E-state index contributed by atoms with van der Waals surface area (Å²) < 4.78 is 9.86. The summed E-state index contributed by atoms with van der Waals surface area (Å²) in [6, 6.07) is 8.29. The molecule has 1 aromatic carbocycles. The van der Waals surface area contributed by atoms with E-state index in [-0.39, 0.29) is 25.9 Å². The number of benzene rings is 1. The Bertz CT molecular complexity index is 573. The average Bonchev–Trinajstić information content (AvgIpc) is 2.58. The first-order valence-corrected chi connectivity index (χ1v) is 8.42. The minimum atomic E-state index is -0.974. The van der Waals surface area contributed by atoms with Crippen LogP contribution < -0.4 is 5.73 Å². The van der Waals surface area contributed by atoms with Gasteiger partial charge in [-0.25, -0.2) is 0 Å². The van der Waals surface area contributed by atoms with E-state index in [2.05, 4.69) is 0 Å². The van der Waals surface area contributed by atoms with Gasteiger partial charge in [0, 0.05) is 6.92 Å². The molecule has 7 nitrogen and oxygen atoms in total. The molecule has 0 heterocycles. The van der Waals surface area contributed by atoms with E-state index in [1.165, 1.54) is 6.92 Å². The Hall–Kier alpha value is -2.41. The smallest absolute Gasteiger partial charge is 0.327 e. The van der Waals surface area contributed by atoms with Crippen LogP contribution in [0, 0.1) is 11.8 Å². The van der Waals surface area contributed by atoms with Gasteiger partial charge in [0.1, 0.15) is 18.8 Å². The highest BCUT2D eigenvalue weighted by Gasteiger charge is 2.24. The summed E-state index contributed by atoms with van der Waals surface area (Å²) in [7, 11) is 0. The minimum Gasteiger partial charge on any atom is -0.481 e. The van der Waals surface area contributed by atoms with Crippen LogP contribution in [-0.4, -0.2) is 35.2 Å². The van der Waals surface area contributed by atoms with Gasteiger partial charge in [-0.3, -0.25) is 14.4 Å². The lowest BCUT2D eigenvalue weighted by molar-refractivity contribution is -0.155. The number of nitrogens with two attached hydrogens (primary N) is 1. The van der Waals surface area contributed by atoms with Crippen molar-refractivity contribution in [2.45, 2.75) is 60.8 Å². The zero-order valence-corrected chi connectivity index (χ0v) is 16.0. The summed E-state index contributed by atoms with van der Waals surface area (Å²) in [6.07, 6.45) is -0.703.